The fraction of sp³-hybridized carbons (Fsp3) is 0.600. The molecule has 3 aromatic carbocycles. The smallest absolute Gasteiger partial charge is 0.409 e. The van der Waals surface area contributed by atoms with Crippen LogP contribution in [0.4, 0.5) is 0 Å². The van der Waals surface area contributed by atoms with Crippen molar-refractivity contribution in [2.75, 3.05) is 0 Å². The molecule has 3 aromatic rings. The molecule has 0 amide bonds. The summed E-state index contributed by atoms with van der Waals surface area (Å²) in [5, 5.41) is 0. The molecule has 0 N–H and O–H groups in total. The van der Waals surface area contributed by atoms with Crippen molar-refractivity contribution in [2.24, 2.45) is 0 Å². The number of hydrogen-bond acceptors (Lipinski definition) is 3. The Balaban J connectivity index is 0.00000867. The molecule has 0 aliphatic heterocycles. The second kappa shape index (κ2) is 29.5. The molecule has 5 heteroatoms. The minimum Gasteiger partial charge on any atom is -0.409 e. The van der Waals surface area contributed by atoms with E-state index in [1.54, 1.807) is 0 Å². The molecule has 3 rings (SSSR count). The molecule has 3 nitrogen and oxygen atoms in total. The predicted octanol–water partition coefficient (Wildman–Crippen LogP) is 15.3. The molecule has 0 saturated heterocycles. The third kappa shape index (κ3) is 20.7. The van der Waals surface area contributed by atoms with E-state index in [4.69, 9.17) is 13.6 Å². The average Bonchev–Trinajstić information content (AvgIpc) is 3.12. The van der Waals surface area contributed by atoms with Crippen LogP contribution < -0.4 is 13.6 Å². The molecular weight excluding hydrogens is 678 g/mol. The molecule has 0 spiro atoms. The van der Waals surface area contributed by atoms with Crippen molar-refractivity contribution in [3.63, 3.8) is 0 Å². The Kier molecular flexibility index (Phi) is 26.1. The molecule has 0 aromatic heterocycles. The van der Waals surface area contributed by atoms with Crippen LogP contribution in [0.5, 0.6) is 17.2 Å². The molecular formula is C45H69NiO3P. The molecule has 282 valence electrons. The molecule has 0 aliphatic rings. The van der Waals surface area contributed by atoms with Gasteiger partial charge in [-0.15, -0.1) is 0 Å². The van der Waals surface area contributed by atoms with E-state index in [-0.39, 0.29) is 16.5 Å². The first-order valence-corrected chi connectivity index (χ1v) is 21.4. The minimum atomic E-state index is -1.68. The van der Waals surface area contributed by atoms with Gasteiger partial charge in [0.25, 0.3) is 0 Å². The van der Waals surface area contributed by atoms with E-state index in [2.05, 4.69) is 93.6 Å². The first-order valence-electron chi connectivity index (χ1n) is 20.3. The molecule has 0 saturated carbocycles. The molecule has 0 atom stereocenters. The van der Waals surface area contributed by atoms with E-state index >= 15 is 0 Å². The van der Waals surface area contributed by atoms with E-state index in [1.807, 2.05) is 0 Å². The Morgan fingerprint density at radius 3 is 0.780 bits per heavy atom. The van der Waals surface area contributed by atoms with Crippen molar-refractivity contribution in [3.05, 3.63) is 89.5 Å². The molecule has 0 bridgehead atoms. The van der Waals surface area contributed by atoms with Crippen LogP contribution >= 0.6 is 8.60 Å². The zero-order valence-corrected chi connectivity index (χ0v) is 33.8. The Labute approximate surface area is 319 Å². The molecule has 50 heavy (non-hydrogen) atoms. The van der Waals surface area contributed by atoms with Crippen molar-refractivity contribution in [2.45, 2.75) is 175 Å². The van der Waals surface area contributed by atoms with Gasteiger partial charge < -0.3 is 13.6 Å². The Morgan fingerprint density at radius 2 is 0.540 bits per heavy atom. The fourth-order valence-corrected chi connectivity index (χ4v) is 7.32. The van der Waals surface area contributed by atoms with E-state index in [9.17, 15) is 0 Å². The van der Waals surface area contributed by atoms with Crippen molar-refractivity contribution in [1.82, 2.24) is 0 Å². The van der Waals surface area contributed by atoms with Crippen molar-refractivity contribution >= 4 is 8.60 Å². The molecule has 0 heterocycles. The van der Waals surface area contributed by atoms with Gasteiger partial charge in [0.1, 0.15) is 17.2 Å². The summed E-state index contributed by atoms with van der Waals surface area (Å²) in [6.07, 6.45) is 31.3. The molecule has 0 unspecified atom stereocenters. The minimum absolute atomic E-state index is 0. The normalized spacial score (nSPS) is 11.0. The summed E-state index contributed by atoms with van der Waals surface area (Å²) in [6, 6.07) is 25.5. The third-order valence-electron chi connectivity index (χ3n) is 9.52. The van der Waals surface area contributed by atoms with Crippen molar-refractivity contribution < 1.29 is 30.1 Å². The van der Waals surface area contributed by atoms with Crippen LogP contribution in [0.1, 0.15) is 172 Å². The second-order valence-electron chi connectivity index (χ2n) is 14.0. The summed E-state index contributed by atoms with van der Waals surface area (Å²) in [5.41, 5.74) is 4.08. The summed E-state index contributed by atoms with van der Waals surface area (Å²) < 4.78 is 19.1. The summed E-state index contributed by atoms with van der Waals surface area (Å²) in [7, 11) is -1.68. The van der Waals surface area contributed by atoms with Gasteiger partial charge in [0.2, 0.25) is 0 Å². The Hall–Kier alpha value is -2.02. The van der Waals surface area contributed by atoms with Crippen LogP contribution in [0.2, 0.25) is 0 Å². The zero-order chi connectivity index (χ0) is 34.6. The zero-order valence-electron chi connectivity index (χ0n) is 31.9. The number of rotatable bonds is 30. The number of hydrogen-bond donors (Lipinski definition) is 0. The van der Waals surface area contributed by atoms with Gasteiger partial charge in [0.15, 0.2) is 0 Å². The standard InChI is InChI=1S/C45H69O3P.Ni/c1-4-7-10-13-16-19-22-25-40-28-34-43(35-29-40)46-49(47-44-36-30-41(31-37-44)26-23-20-17-14-11-8-5-2)48-45-38-32-42(33-39-45)27-24-21-18-15-12-9-6-3;/h28-39H,4-27H2,1-3H3;. The first kappa shape index (κ1) is 44.1. The average molecular weight is 748 g/mol. The van der Waals surface area contributed by atoms with E-state index in [1.165, 1.54) is 152 Å². The maximum atomic E-state index is 6.38. The maximum Gasteiger partial charge on any atom is 0.530 e. The van der Waals surface area contributed by atoms with E-state index in [0.717, 1.165) is 36.5 Å². The largest absolute Gasteiger partial charge is 0.530 e. The number of unbranched alkanes of at least 4 members (excludes halogenated alkanes) is 18. The van der Waals surface area contributed by atoms with Gasteiger partial charge in [-0.2, -0.15) is 0 Å². The monoisotopic (exact) mass is 746 g/mol. The number of benzene rings is 3. The third-order valence-corrected chi connectivity index (χ3v) is 10.6. The van der Waals surface area contributed by atoms with Crippen molar-refractivity contribution in [3.8, 4) is 17.2 Å². The van der Waals surface area contributed by atoms with Crippen LogP contribution in [0.3, 0.4) is 0 Å². The van der Waals surface area contributed by atoms with Crippen LogP contribution in [-0.2, 0) is 35.8 Å². The predicted molar refractivity (Wildman–Crippen MR) is 213 cm³/mol. The fourth-order valence-electron chi connectivity index (χ4n) is 6.32. The topological polar surface area (TPSA) is 27.7 Å². The molecule has 0 radical (unpaired) electrons. The molecule has 0 aliphatic carbocycles. The van der Waals surface area contributed by atoms with Crippen LogP contribution in [0.15, 0.2) is 72.8 Å². The van der Waals surface area contributed by atoms with Crippen molar-refractivity contribution in [1.29, 1.82) is 0 Å². The summed E-state index contributed by atoms with van der Waals surface area (Å²) in [5.74, 6) is 2.33. The van der Waals surface area contributed by atoms with Gasteiger partial charge in [-0.25, -0.2) is 0 Å². The Morgan fingerprint density at radius 1 is 0.320 bits per heavy atom. The van der Waals surface area contributed by atoms with Gasteiger partial charge in [0, 0.05) is 16.5 Å². The second-order valence-corrected chi connectivity index (χ2v) is 15.0. The van der Waals surface area contributed by atoms with Gasteiger partial charge in [0.05, 0.1) is 0 Å². The van der Waals surface area contributed by atoms with Gasteiger partial charge in [-0.3, -0.25) is 0 Å². The van der Waals surface area contributed by atoms with E-state index < -0.39 is 8.60 Å². The van der Waals surface area contributed by atoms with E-state index in [0.29, 0.717) is 0 Å². The quantitative estimate of drug-likeness (QED) is 0.0386. The summed E-state index contributed by atoms with van der Waals surface area (Å²) in [4.78, 5) is 0. The van der Waals surface area contributed by atoms with Crippen LogP contribution in [-0.4, -0.2) is 0 Å². The first-order chi connectivity index (χ1) is 24.2. The van der Waals surface area contributed by atoms with Crippen LogP contribution in [0, 0.1) is 0 Å². The van der Waals surface area contributed by atoms with Gasteiger partial charge in [-0.05, 0) is 91.6 Å². The van der Waals surface area contributed by atoms with Gasteiger partial charge in [-0.1, -0.05) is 173 Å². The number of aryl methyl sites for hydroxylation is 3. The molecule has 0 fully saturated rings. The summed E-state index contributed by atoms with van der Waals surface area (Å²) >= 11 is 0. The van der Waals surface area contributed by atoms with Crippen LogP contribution in [0.25, 0.3) is 0 Å². The maximum absolute atomic E-state index is 6.38. The van der Waals surface area contributed by atoms with Gasteiger partial charge >= 0.3 is 8.60 Å². The summed E-state index contributed by atoms with van der Waals surface area (Å²) in [6.45, 7) is 6.83. The SMILES string of the molecule is CCCCCCCCCc1ccc(OP(Oc2ccc(CCCCCCCCC)cc2)Oc2ccc(CCCCCCCCC)cc2)cc1.[Ni]. The Bertz CT molecular complexity index is 1030.